The fourth-order valence-electron chi connectivity index (χ4n) is 2.40. The number of rotatable bonds is 6. The Hall–Kier alpha value is 0.01000. The van der Waals surface area contributed by atoms with E-state index < -0.39 is 10.0 Å². The molecule has 1 saturated heterocycles. The van der Waals surface area contributed by atoms with Crippen molar-refractivity contribution in [3.63, 3.8) is 0 Å². The first-order chi connectivity index (χ1) is 9.86. The third kappa shape index (κ3) is 3.86. The second-order valence-corrected chi connectivity index (χ2v) is 9.76. The highest BCUT2D eigenvalue weighted by molar-refractivity contribution is 9.11. The molecule has 120 valence electrons. The van der Waals surface area contributed by atoms with Gasteiger partial charge in [-0.3, -0.25) is 0 Å². The van der Waals surface area contributed by atoms with Crippen molar-refractivity contribution in [1.82, 2.24) is 14.5 Å². The first-order valence-electron chi connectivity index (χ1n) is 7.01. The van der Waals surface area contributed by atoms with Gasteiger partial charge in [0.05, 0.1) is 3.79 Å². The van der Waals surface area contributed by atoms with E-state index in [0.29, 0.717) is 34.4 Å². The first-order valence-corrected chi connectivity index (χ1v) is 10.1. The lowest BCUT2D eigenvalue weighted by atomic mass is 10.2. The van der Waals surface area contributed by atoms with Gasteiger partial charge in [-0.05, 0) is 49.1 Å². The van der Waals surface area contributed by atoms with Crippen LogP contribution in [0.15, 0.2) is 14.7 Å². The normalized spacial score (nSPS) is 20.5. The summed E-state index contributed by atoms with van der Waals surface area (Å²) in [6, 6.07) is 2.09. The van der Waals surface area contributed by atoms with Gasteiger partial charge in [0.2, 0.25) is 10.0 Å². The Morgan fingerprint density at radius 3 is 2.81 bits per heavy atom. The summed E-state index contributed by atoms with van der Waals surface area (Å²) in [5.74, 6) is 0. The number of likely N-dealkylation sites (N-methyl/N-ethyl adjacent to an activating group) is 1. The number of nitrogens with zero attached hydrogens (tertiary/aromatic N) is 2. The van der Waals surface area contributed by atoms with E-state index in [1.807, 2.05) is 21.0 Å². The molecule has 0 spiro atoms. The smallest absolute Gasteiger partial charge is 0.245 e. The summed E-state index contributed by atoms with van der Waals surface area (Å²) in [6.45, 7) is 4.77. The average molecular weight is 396 g/mol. The zero-order valence-corrected chi connectivity index (χ0v) is 15.8. The zero-order chi connectivity index (χ0) is 15.6. The molecule has 0 radical (unpaired) electrons. The van der Waals surface area contributed by atoms with Crippen LogP contribution < -0.4 is 5.32 Å². The molecule has 2 heterocycles. The summed E-state index contributed by atoms with van der Waals surface area (Å²) in [6.07, 6.45) is 0.887. The second-order valence-electron chi connectivity index (χ2n) is 5.40. The SMILES string of the molecule is CCNCc1cc(S(=O)(=O)N2CCC(N(C)C)C2)c(Br)s1. The molecule has 2 rings (SSSR count). The molecule has 1 aliphatic rings. The number of halogens is 1. The second kappa shape index (κ2) is 7.06. The van der Waals surface area contributed by atoms with Crippen molar-refractivity contribution in [3.8, 4) is 0 Å². The maximum Gasteiger partial charge on any atom is 0.245 e. The van der Waals surface area contributed by atoms with Crippen LogP contribution in [0.3, 0.4) is 0 Å². The fraction of sp³-hybridized carbons (Fsp3) is 0.692. The molecular weight excluding hydrogens is 374 g/mol. The van der Waals surface area contributed by atoms with Crippen molar-refractivity contribution in [3.05, 3.63) is 14.7 Å². The van der Waals surface area contributed by atoms with Crippen molar-refractivity contribution in [2.45, 2.75) is 30.8 Å². The van der Waals surface area contributed by atoms with Crippen LogP contribution in [0, 0.1) is 0 Å². The van der Waals surface area contributed by atoms with Crippen molar-refractivity contribution in [2.24, 2.45) is 0 Å². The van der Waals surface area contributed by atoms with Gasteiger partial charge >= 0.3 is 0 Å². The van der Waals surface area contributed by atoms with Crippen molar-refractivity contribution in [1.29, 1.82) is 0 Å². The predicted molar refractivity (Wildman–Crippen MR) is 90.3 cm³/mol. The summed E-state index contributed by atoms with van der Waals surface area (Å²) < 4.78 is 27.8. The molecule has 1 fully saturated rings. The van der Waals surface area contributed by atoms with Crippen LogP contribution in [0.25, 0.3) is 0 Å². The van der Waals surface area contributed by atoms with E-state index in [-0.39, 0.29) is 0 Å². The quantitative estimate of drug-likeness (QED) is 0.799. The number of sulfonamides is 1. The molecule has 8 heteroatoms. The van der Waals surface area contributed by atoms with Crippen LogP contribution in [-0.2, 0) is 16.6 Å². The van der Waals surface area contributed by atoms with Gasteiger partial charge in [-0.2, -0.15) is 4.31 Å². The summed E-state index contributed by atoms with van der Waals surface area (Å²) in [5, 5.41) is 3.22. The highest BCUT2D eigenvalue weighted by atomic mass is 79.9. The van der Waals surface area contributed by atoms with Crippen molar-refractivity contribution in [2.75, 3.05) is 33.7 Å². The number of thiophene rings is 1. The fourth-order valence-corrected chi connectivity index (χ4v) is 6.49. The van der Waals surface area contributed by atoms with Gasteiger partial charge in [-0.15, -0.1) is 11.3 Å². The van der Waals surface area contributed by atoms with Gasteiger partial charge < -0.3 is 10.2 Å². The van der Waals surface area contributed by atoms with Crippen LogP contribution in [0.1, 0.15) is 18.2 Å². The van der Waals surface area contributed by atoms with Gasteiger partial charge in [-0.25, -0.2) is 8.42 Å². The molecule has 1 aliphatic heterocycles. The van der Waals surface area contributed by atoms with Gasteiger partial charge in [0.15, 0.2) is 0 Å². The molecule has 1 unspecified atom stereocenters. The molecular formula is C13H22BrN3O2S2. The van der Waals surface area contributed by atoms with Crippen LogP contribution in [-0.4, -0.2) is 57.4 Å². The highest BCUT2D eigenvalue weighted by Gasteiger charge is 2.35. The molecule has 1 atom stereocenters. The van der Waals surface area contributed by atoms with Gasteiger partial charge in [0, 0.05) is 30.6 Å². The Kier molecular flexibility index (Phi) is 5.84. The van der Waals surface area contributed by atoms with E-state index in [0.717, 1.165) is 17.8 Å². The first kappa shape index (κ1) is 17.4. The Bertz CT molecular complexity index is 586. The Balaban J connectivity index is 2.18. The van der Waals surface area contributed by atoms with E-state index in [4.69, 9.17) is 0 Å². The molecule has 0 bridgehead atoms. The summed E-state index contributed by atoms with van der Waals surface area (Å²) >= 11 is 4.90. The lowest BCUT2D eigenvalue weighted by Gasteiger charge is -2.20. The van der Waals surface area contributed by atoms with Gasteiger partial charge in [0.1, 0.15) is 4.90 Å². The maximum absolute atomic E-state index is 12.8. The molecule has 1 N–H and O–H groups in total. The van der Waals surface area contributed by atoms with Crippen LogP contribution in [0.2, 0.25) is 0 Å². The Morgan fingerprint density at radius 1 is 1.52 bits per heavy atom. The number of hydrogen-bond donors (Lipinski definition) is 1. The van der Waals surface area contributed by atoms with E-state index >= 15 is 0 Å². The minimum Gasteiger partial charge on any atom is -0.312 e. The molecule has 0 aliphatic carbocycles. The van der Waals surface area contributed by atoms with Gasteiger partial charge in [0.25, 0.3) is 0 Å². The van der Waals surface area contributed by atoms with E-state index in [1.165, 1.54) is 11.3 Å². The molecule has 0 amide bonds. The predicted octanol–water partition coefficient (Wildman–Crippen LogP) is 1.94. The van der Waals surface area contributed by atoms with E-state index in [2.05, 4.69) is 26.1 Å². The van der Waals surface area contributed by atoms with Gasteiger partial charge in [-0.1, -0.05) is 6.92 Å². The standard InChI is InChI=1S/C13H22BrN3O2S2/c1-4-15-8-11-7-12(13(14)20-11)21(18,19)17-6-5-10(9-17)16(2)3/h7,10,15H,4-6,8-9H2,1-3H3. The molecule has 5 nitrogen and oxygen atoms in total. The average Bonchev–Trinajstić information content (AvgIpc) is 3.03. The monoisotopic (exact) mass is 395 g/mol. The summed E-state index contributed by atoms with van der Waals surface area (Å²) in [4.78, 5) is 3.53. The molecule has 0 saturated carbocycles. The van der Waals surface area contributed by atoms with E-state index in [9.17, 15) is 8.42 Å². The highest BCUT2D eigenvalue weighted by Crippen LogP contribution is 2.34. The molecule has 1 aromatic heterocycles. The topological polar surface area (TPSA) is 52.7 Å². The summed E-state index contributed by atoms with van der Waals surface area (Å²) in [7, 11) is 0.594. The largest absolute Gasteiger partial charge is 0.312 e. The molecule has 0 aromatic carbocycles. The number of hydrogen-bond acceptors (Lipinski definition) is 5. The molecule has 21 heavy (non-hydrogen) atoms. The maximum atomic E-state index is 12.8. The number of nitrogens with one attached hydrogen (secondary N) is 1. The Labute approximate surface area is 139 Å². The molecule has 1 aromatic rings. The minimum atomic E-state index is -3.40. The third-order valence-electron chi connectivity index (χ3n) is 3.73. The minimum absolute atomic E-state index is 0.304. The van der Waals surface area contributed by atoms with Crippen molar-refractivity contribution >= 4 is 37.3 Å². The lowest BCUT2D eigenvalue weighted by molar-refractivity contribution is 0.302. The van der Waals surface area contributed by atoms with Crippen LogP contribution in [0.4, 0.5) is 0 Å². The van der Waals surface area contributed by atoms with Crippen molar-refractivity contribution < 1.29 is 8.42 Å². The van der Waals surface area contributed by atoms with Crippen LogP contribution >= 0.6 is 27.3 Å². The third-order valence-corrected chi connectivity index (χ3v) is 7.85. The zero-order valence-electron chi connectivity index (χ0n) is 12.6. The van der Waals surface area contributed by atoms with Crippen LogP contribution in [0.5, 0.6) is 0 Å². The van der Waals surface area contributed by atoms with E-state index in [1.54, 1.807) is 10.4 Å². The lowest BCUT2D eigenvalue weighted by Crippen LogP contribution is -2.34. The Morgan fingerprint density at radius 2 is 2.24 bits per heavy atom. The summed E-state index contributed by atoms with van der Waals surface area (Å²) in [5.41, 5.74) is 0.